The summed E-state index contributed by atoms with van der Waals surface area (Å²) in [7, 11) is 0. The Morgan fingerprint density at radius 2 is 2.08 bits per heavy atom. The van der Waals surface area contributed by atoms with E-state index in [0.717, 1.165) is 19.3 Å². The lowest BCUT2D eigenvalue weighted by atomic mass is 9.88. The van der Waals surface area contributed by atoms with Gasteiger partial charge in [0.15, 0.2) is 0 Å². The van der Waals surface area contributed by atoms with Crippen LogP contribution in [0.25, 0.3) is 0 Å². The van der Waals surface area contributed by atoms with Crippen LogP contribution in [0.1, 0.15) is 46.5 Å². The van der Waals surface area contributed by atoms with Crippen molar-refractivity contribution < 1.29 is 5.11 Å². The first-order valence-electron chi connectivity index (χ1n) is 4.78. The van der Waals surface area contributed by atoms with E-state index in [1.807, 2.05) is 6.92 Å². The Balaban J connectivity index is 3.95. The van der Waals surface area contributed by atoms with Crippen LogP contribution in [0.15, 0.2) is 0 Å². The molecule has 1 nitrogen and oxygen atoms in total. The number of hydrogen-bond acceptors (Lipinski definition) is 1. The maximum atomic E-state index is 9.79. The summed E-state index contributed by atoms with van der Waals surface area (Å²) in [6.45, 7) is 6.22. The first-order chi connectivity index (χ1) is 5.58. The summed E-state index contributed by atoms with van der Waals surface area (Å²) >= 11 is 0. The number of aliphatic hydroxyl groups is 1. The second kappa shape index (κ2) is 5.22. The summed E-state index contributed by atoms with van der Waals surface area (Å²) < 4.78 is 0. The summed E-state index contributed by atoms with van der Waals surface area (Å²) in [4.78, 5) is 0. The van der Waals surface area contributed by atoms with E-state index in [2.05, 4.69) is 19.8 Å². The van der Waals surface area contributed by atoms with Gasteiger partial charge in [-0.2, -0.15) is 0 Å². The first-order valence-corrected chi connectivity index (χ1v) is 4.78. The van der Waals surface area contributed by atoms with Crippen LogP contribution < -0.4 is 0 Å². The molecule has 0 aromatic rings. The van der Waals surface area contributed by atoms with Crippen LogP contribution in [-0.4, -0.2) is 10.7 Å². The summed E-state index contributed by atoms with van der Waals surface area (Å²) in [6, 6.07) is 0. The summed E-state index contributed by atoms with van der Waals surface area (Å²) in [5.74, 6) is 3.00. The van der Waals surface area contributed by atoms with Crippen molar-refractivity contribution in [1.29, 1.82) is 0 Å². The standard InChI is InChI=1S/C11H20O/c1-5-8-10(4)9-11(12,6-2)7-3/h2,10,12H,5,7-9H2,1,3-4H3. The third kappa shape index (κ3) is 3.78. The maximum absolute atomic E-state index is 9.79. The molecule has 0 rings (SSSR count). The predicted molar refractivity (Wildman–Crippen MR) is 52.8 cm³/mol. The zero-order valence-electron chi connectivity index (χ0n) is 8.43. The quantitative estimate of drug-likeness (QED) is 0.626. The van der Waals surface area contributed by atoms with E-state index in [1.54, 1.807) is 0 Å². The molecule has 0 spiro atoms. The van der Waals surface area contributed by atoms with Gasteiger partial charge >= 0.3 is 0 Å². The van der Waals surface area contributed by atoms with E-state index in [9.17, 15) is 5.11 Å². The van der Waals surface area contributed by atoms with Gasteiger partial charge < -0.3 is 5.11 Å². The molecule has 1 N–H and O–H groups in total. The molecule has 1 heteroatoms. The Hall–Kier alpha value is -0.480. The molecule has 2 atom stereocenters. The predicted octanol–water partition coefficient (Wildman–Crippen LogP) is 2.59. The lowest BCUT2D eigenvalue weighted by molar-refractivity contribution is 0.0701. The van der Waals surface area contributed by atoms with E-state index < -0.39 is 5.60 Å². The van der Waals surface area contributed by atoms with Crippen LogP contribution in [0.2, 0.25) is 0 Å². The van der Waals surface area contributed by atoms with Gasteiger partial charge in [0.25, 0.3) is 0 Å². The van der Waals surface area contributed by atoms with Crippen molar-refractivity contribution in [3.63, 3.8) is 0 Å². The van der Waals surface area contributed by atoms with E-state index in [1.165, 1.54) is 0 Å². The molecule has 0 aliphatic rings. The Labute approximate surface area is 76.2 Å². The van der Waals surface area contributed by atoms with Crippen LogP contribution in [0.4, 0.5) is 0 Å². The summed E-state index contributed by atoms with van der Waals surface area (Å²) in [6.07, 6.45) is 8.94. The molecule has 0 bridgehead atoms. The number of hydrogen-bond donors (Lipinski definition) is 1. The van der Waals surface area contributed by atoms with Gasteiger partial charge in [-0.15, -0.1) is 6.42 Å². The zero-order chi connectivity index (χ0) is 9.61. The normalized spacial score (nSPS) is 17.9. The van der Waals surface area contributed by atoms with Crippen LogP contribution in [0.3, 0.4) is 0 Å². The SMILES string of the molecule is C#CC(O)(CC)CC(C)CCC. The van der Waals surface area contributed by atoms with Crippen molar-refractivity contribution in [3.05, 3.63) is 0 Å². The second-order valence-electron chi connectivity index (χ2n) is 3.63. The Morgan fingerprint density at radius 3 is 2.42 bits per heavy atom. The van der Waals surface area contributed by atoms with Gasteiger partial charge in [0.05, 0.1) is 0 Å². The minimum Gasteiger partial charge on any atom is -0.378 e. The molecule has 0 amide bonds. The molecule has 70 valence electrons. The van der Waals surface area contributed by atoms with Crippen molar-refractivity contribution in [2.24, 2.45) is 5.92 Å². The highest BCUT2D eigenvalue weighted by molar-refractivity contribution is 5.06. The van der Waals surface area contributed by atoms with Crippen LogP contribution in [-0.2, 0) is 0 Å². The van der Waals surface area contributed by atoms with Crippen molar-refractivity contribution in [3.8, 4) is 12.3 Å². The first kappa shape index (κ1) is 11.5. The molecular formula is C11H20O. The average Bonchev–Trinajstić information content (AvgIpc) is 2.05. The summed E-state index contributed by atoms with van der Waals surface area (Å²) in [5.41, 5.74) is -0.866. The fourth-order valence-corrected chi connectivity index (χ4v) is 1.48. The number of rotatable bonds is 5. The molecular weight excluding hydrogens is 148 g/mol. The topological polar surface area (TPSA) is 20.2 Å². The van der Waals surface area contributed by atoms with E-state index in [0.29, 0.717) is 12.3 Å². The van der Waals surface area contributed by atoms with Crippen molar-refractivity contribution in [2.45, 2.75) is 52.1 Å². The third-order valence-electron chi connectivity index (χ3n) is 2.32. The van der Waals surface area contributed by atoms with Gasteiger partial charge in [-0.25, -0.2) is 0 Å². The molecule has 0 aromatic heterocycles. The Morgan fingerprint density at radius 1 is 1.50 bits per heavy atom. The van der Waals surface area contributed by atoms with Gasteiger partial charge in [0, 0.05) is 0 Å². The minimum atomic E-state index is -0.866. The maximum Gasteiger partial charge on any atom is 0.125 e. The molecule has 0 saturated carbocycles. The minimum absolute atomic E-state index is 0.524. The largest absolute Gasteiger partial charge is 0.378 e. The van der Waals surface area contributed by atoms with Gasteiger partial charge in [-0.05, 0) is 18.8 Å². The highest BCUT2D eigenvalue weighted by Gasteiger charge is 2.23. The molecule has 0 aliphatic carbocycles. The molecule has 2 unspecified atom stereocenters. The number of terminal acetylenes is 1. The van der Waals surface area contributed by atoms with E-state index in [4.69, 9.17) is 6.42 Å². The lowest BCUT2D eigenvalue weighted by Crippen LogP contribution is -2.27. The van der Waals surface area contributed by atoms with Crippen molar-refractivity contribution in [1.82, 2.24) is 0 Å². The van der Waals surface area contributed by atoms with Crippen molar-refractivity contribution in [2.75, 3.05) is 0 Å². The molecule has 0 aliphatic heterocycles. The highest BCUT2D eigenvalue weighted by Crippen LogP contribution is 2.22. The van der Waals surface area contributed by atoms with Gasteiger partial charge in [0.1, 0.15) is 5.60 Å². The molecule has 0 heterocycles. The lowest BCUT2D eigenvalue weighted by Gasteiger charge is -2.23. The molecule has 0 fully saturated rings. The molecule has 0 aromatic carbocycles. The fraction of sp³-hybridized carbons (Fsp3) is 0.818. The smallest absolute Gasteiger partial charge is 0.125 e. The molecule has 0 radical (unpaired) electrons. The monoisotopic (exact) mass is 168 g/mol. The Bertz CT molecular complexity index is 157. The average molecular weight is 168 g/mol. The van der Waals surface area contributed by atoms with E-state index in [-0.39, 0.29) is 0 Å². The highest BCUT2D eigenvalue weighted by atomic mass is 16.3. The summed E-state index contributed by atoms with van der Waals surface area (Å²) in [5, 5.41) is 9.79. The van der Waals surface area contributed by atoms with Crippen LogP contribution in [0.5, 0.6) is 0 Å². The molecule has 0 saturated heterocycles. The third-order valence-corrected chi connectivity index (χ3v) is 2.32. The van der Waals surface area contributed by atoms with Gasteiger partial charge in [0.2, 0.25) is 0 Å². The van der Waals surface area contributed by atoms with E-state index >= 15 is 0 Å². The van der Waals surface area contributed by atoms with Gasteiger partial charge in [-0.1, -0.05) is 39.5 Å². The molecule has 12 heavy (non-hydrogen) atoms. The Kier molecular flexibility index (Phi) is 5.01. The second-order valence-corrected chi connectivity index (χ2v) is 3.63. The fourth-order valence-electron chi connectivity index (χ4n) is 1.48. The van der Waals surface area contributed by atoms with Gasteiger partial charge in [-0.3, -0.25) is 0 Å². The zero-order valence-corrected chi connectivity index (χ0v) is 8.43. The van der Waals surface area contributed by atoms with Crippen LogP contribution >= 0.6 is 0 Å². The van der Waals surface area contributed by atoms with Crippen LogP contribution in [0, 0.1) is 18.3 Å². The van der Waals surface area contributed by atoms with Crippen molar-refractivity contribution >= 4 is 0 Å².